The lowest BCUT2D eigenvalue weighted by atomic mass is 9.88. The molecular weight excluding hydrogens is 520 g/mol. The van der Waals surface area contributed by atoms with Crippen LogP contribution in [0.2, 0.25) is 0 Å². The van der Waals surface area contributed by atoms with Crippen molar-refractivity contribution in [1.29, 1.82) is 0 Å². The fraction of sp³-hybridized carbons (Fsp3) is 0.357. The summed E-state index contributed by atoms with van der Waals surface area (Å²) in [6.45, 7) is 3.78. The summed E-state index contributed by atoms with van der Waals surface area (Å²) in [5.41, 5.74) is 3.16. The van der Waals surface area contributed by atoms with Crippen molar-refractivity contribution in [1.82, 2.24) is 14.2 Å². The van der Waals surface area contributed by atoms with Crippen LogP contribution < -0.4 is 5.56 Å². The third-order valence-electron chi connectivity index (χ3n) is 7.24. The lowest BCUT2D eigenvalue weighted by Gasteiger charge is -2.22. The number of hydrogen-bond acceptors (Lipinski definition) is 5. The topological polar surface area (TPSA) is 78.5 Å². The standard InChI is InChI=1S/C28H29BrN4O3/c1-17-23(21-11-7-8-12-25(21)32(17)18(2)28(35)36-3)16-30-33-26(19-9-5-4-6-10-19)31-24-14-13-20(29)15-22(24)27(33)34/h7-8,11-16,18-19H,4-6,9-10H2,1-3H3/t18-/m1/s1. The second kappa shape index (κ2) is 10.0. The normalized spacial score (nSPS) is 15.7. The van der Waals surface area contributed by atoms with Gasteiger partial charge in [-0.3, -0.25) is 4.79 Å². The Morgan fingerprint density at radius 1 is 1.17 bits per heavy atom. The highest BCUT2D eigenvalue weighted by Gasteiger charge is 2.24. The predicted octanol–water partition coefficient (Wildman–Crippen LogP) is 6.09. The molecule has 2 aromatic heterocycles. The summed E-state index contributed by atoms with van der Waals surface area (Å²) in [6, 6.07) is 13.0. The third-order valence-corrected chi connectivity index (χ3v) is 7.73. The number of carbonyl (C=O) groups is 1. The highest BCUT2D eigenvalue weighted by molar-refractivity contribution is 9.10. The first-order valence-electron chi connectivity index (χ1n) is 12.3. The fourth-order valence-corrected chi connectivity index (χ4v) is 5.73. The Kier molecular flexibility index (Phi) is 6.79. The van der Waals surface area contributed by atoms with Crippen LogP contribution in [0.15, 0.2) is 56.8 Å². The first-order valence-corrected chi connectivity index (χ1v) is 13.1. The molecule has 1 saturated carbocycles. The quantitative estimate of drug-likeness (QED) is 0.223. The molecule has 1 aliphatic rings. The monoisotopic (exact) mass is 548 g/mol. The molecule has 8 heteroatoms. The van der Waals surface area contributed by atoms with Gasteiger partial charge in [0.05, 0.1) is 24.2 Å². The van der Waals surface area contributed by atoms with Crippen molar-refractivity contribution in [2.24, 2.45) is 5.10 Å². The molecule has 0 aliphatic heterocycles. The number of fused-ring (bicyclic) bond motifs is 2. The Labute approximate surface area is 217 Å². The van der Waals surface area contributed by atoms with Crippen molar-refractivity contribution in [3.05, 3.63) is 74.4 Å². The van der Waals surface area contributed by atoms with Crippen molar-refractivity contribution in [3.8, 4) is 0 Å². The van der Waals surface area contributed by atoms with E-state index < -0.39 is 6.04 Å². The van der Waals surface area contributed by atoms with Crippen LogP contribution in [-0.4, -0.2) is 33.5 Å². The van der Waals surface area contributed by atoms with Crippen LogP contribution >= 0.6 is 15.9 Å². The van der Waals surface area contributed by atoms with E-state index >= 15 is 0 Å². The summed E-state index contributed by atoms with van der Waals surface area (Å²) in [5.74, 6) is 0.593. The number of carbonyl (C=O) groups excluding carboxylic acids is 1. The van der Waals surface area contributed by atoms with Gasteiger partial charge in [-0.25, -0.2) is 9.78 Å². The predicted molar refractivity (Wildman–Crippen MR) is 146 cm³/mol. The maximum absolute atomic E-state index is 13.7. The number of halogens is 1. The second-order valence-electron chi connectivity index (χ2n) is 9.41. The van der Waals surface area contributed by atoms with Gasteiger partial charge in [0.15, 0.2) is 0 Å². The Bertz CT molecular complexity index is 1550. The zero-order chi connectivity index (χ0) is 25.4. The van der Waals surface area contributed by atoms with E-state index in [0.717, 1.165) is 58.1 Å². The van der Waals surface area contributed by atoms with Gasteiger partial charge in [0.2, 0.25) is 0 Å². The summed E-state index contributed by atoms with van der Waals surface area (Å²) in [4.78, 5) is 31.0. The molecule has 0 bridgehead atoms. The Morgan fingerprint density at radius 2 is 1.92 bits per heavy atom. The number of rotatable bonds is 5. The molecular formula is C28H29BrN4O3. The number of ether oxygens (including phenoxy) is 1. The van der Waals surface area contributed by atoms with Gasteiger partial charge < -0.3 is 9.30 Å². The van der Waals surface area contributed by atoms with Gasteiger partial charge >= 0.3 is 5.97 Å². The summed E-state index contributed by atoms with van der Waals surface area (Å²) < 4.78 is 9.28. The molecule has 36 heavy (non-hydrogen) atoms. The largest absolute Gasteiger partial charge is 0.467 e. The number of nitrogens with zero attached hydrogens (tertiary/aromatic N) is 4. The van der Waals surface area contributed by atoms with Crippen LogP contribution in [0.25, 0.3) is 21.8 Å². The Morgan fingerprint density at radius 3 is 2.67 bits per heavy atom. The van der Waals surface area contributed by atoms with Gasteiger partial charge in [0, 0.05) is 32.6 Å². The van der Waals surface area contributed by atoms with Crippen LogP contribution in [0.5, 0.6) is 0 Å². The highest BCUT2D eigenvalue weighted by Crippen LogP contribution is 2.32. The number of benzene rings is 2. The van der Waals surface area contributed by atoms with E-state index in [0.29, 0.717) is 10.9 Å². The lowest BCUT2D eigenvalue weighted by Crippen LogP contribution is -2.25. The van der Waals surface area contributed by atoms with Crippen molar-refractivity contribution in [3.63, 3.8) is 0 Å². The van der Waals surface area contributed by atoms with Crippen molar-refractivity contribution >= 4 is 49.9 Å². The minimum atomic E-state index is -0.498. The summed E-state index contributed by atoms with van der Waals surface area (Å²) in [5, 5.41) is 6.24. The number of aromatic nitrogens is 3. The average Bonchev–Trinajstić information content (AvgIpc) is 3.18. The van der Waals surface area contributed by atoms with Crippen molar-refractivity contribution in [2.45, 2.75) is 57.9 Å². The fourth-order valence-electron chi connectivity index (χ4n) is 5.37. The first kappa shape index (κ1) is 24.4. The van der Waals surface area contributed by atoms with Crippen molar-refractivity contribution in [2.75, 3.05) is 7.11 Å². The maximum atomic E-state index is 13.7. The smallest absolute Gasteiger partial charge is 0.328 e. The minimum absolute atomic E-state index is 0.178. The highest BCUT2D eigenvalue weighted by atomic mass is 79.9. The van der Waals surface area contributed by atoms with Gasteiger partial charge in [-0.15, -0.1) is 0 Å². The third kappa shape index (κ3) is 4.28. The van der Waals surface area contributed by atoms with Crippen LogP contribution in [0.1, 0.15) is 68.1 Å². The van der Waals surface area contributed by atoms with E-state index in [4.69, 9.17) is 14.8 Å². The van der Waals surface area contributed by atoms with E-state index in [1.165, 1.54) is 18.2 Å². The molecule has 0 radical (unpaired) electrons. The maximum Gasteiger partial charge on any atom is 0.328 e. The Balaban J connectivity index is 1.69. The molecule has 4 aromatic rings. The zero-order valence-corrected chi connectivity index (χ0v) is 22.3. The first-order chi connectivity index (χ1) is 17.4. The van der Waals surface area contributed by atoms with Gasteiger partial charge in [0.1, 0.15) is 11.9 Å². The number of para-hydroxylation sites is 1. The van der Waals surface area contributed by atoms with Gasteiger partial charge in [-0.1, -0.05) is 53.4 Å². The molecule has 1 atom stereocenters. The molecule has 5 rings (SSSR count). The van der Waals surface area contributed by atoms with Gasteiger partial charge in [0.25, 0.3) is 5.56 Å². The molecule has 0 N–H and O–H groups in total. The van der Waals surface area contributed by atoms with Crippen molar-refractivity contribution < 1.29 is 9.53 Å². The Hall–Kier alpha value is -3.26. The number of methoxy groups -OCH3 is 1. The lowest BCUT2D eigenvalue weighted by molar-refractivity contribution is -0.143. The molecule has 2 heterocycles. The molecule has 0 saturated heterocycles. The van der Waals surface area contributed by atoms with Crippen LogP contribution in [0.3, 0.4) is 0 Å². The van der Waals surface area contributed by atoms with E-state index in [1.54, 1.807) is 12.3 Å². The molecule has 0 unspecified atom stereocenters. The SMILES string of the molecule is COC(=O)[C@@H](C)n1c(C)c(C=Nn2c(C3CCCCC3)nc3ccc(Br)cc3c2=O)c2ccccc21. The van der Waals surface area contributed by atoms with Crippen LogP contribution in [0, 0.1) is 6.92 Å². The molecule has 186 valence electrons. The van der Waals surface area contributed by atoms with E-state index in [2.05, 4.69) is 15.9 Å². The number of esters is 1. The number of hydrogen-bond donors (Lipinski definition) is 0. The molecule has 1 fully saturated rings. The molecule has 2 aromatic carbocycles. The molecule has 1 aliphatic carbocycles. The zero-order valence-electron chi connectivity index (χ0n) is 20.7. The van der Waals surface area contributed by atoms with E-state index in [9.17, 15) is 9.59 Å². The summed E-state index contributed by atoms with van der Waals surface area (Å²) >= 11 is 3.48. The minimum Gasteiger partial charge on any atom is -0.467 e. The van der Waals surface area contributed by atoms with Gasteiger partial charge in [-0.05, 0) is 51.0 Å². The average molecular weight is 549 g/mol. The molecule has 0 amide bonds. The molecule has 7 nitrogen and oxygen atoms in total. The van der Waals surface area contributed by atoms with Crippen LogP contribution in [0.4, 0.5) is 0 Å². The van der Waals surface area contributed by atoms with E-state index in [1.807, 2.05) is 54.8 Å². The summed E-state index contributed by atoms with van der Waals surface area (Å²) in [6.07, 6.45) is 7.19. The second-order valence-corrected chi connectivity index (χ2v) is 10.3. The summed E-state index contributed by atoms with van der Waals surface area (Å²) in [7, 11) is 1.40. The molecule has 0 spiro atoms. The van der Waals surface area contributed by atoms with Gasteiger partial charge in [-0.2, -0.15) is 9.78 Å². The van der Waals surface area contributed by atoms with Crippen LogP contribution in [-0.2, 0) is 9.53 Å². The van der Waals surface area contributed by atoms with E-state index in [-0.39, 0.29) is 17.4 Å².